The molecule has 0 amide bonds. The monoisotopic (exact) mass is 446 g/mol. The first kappa shape index (κ1) is 23.6. The number of rotatable bonds is 7. The number of aliphatic imine (C=N–C) groups is 1. The number of aliphatic hydroxyl groups excluding tert-OH is 1. The number of ether oxygens (including phenoxy) is 1. The second-order valence-corrected chi connectivity index (χ2v) is 9.56. The molecule has 3 N–H and O–H groups in total. The molecular weight excluding hydrogens is 415 g/mol. The Morgan fingerprint density at radius 1 is 1.26 bits per heavy atom. The molecule has 168 valence electrons. The van der Waals surface area contributed by atoms with E-state index in [1.54, 1.807) is 6.07 Å². The molecule has 6 heteroatoms. The zero-order chi connectivity index (χ0) is 23.0. The molecule has 3 atom stereocenters. The minimum Gasteiger partial charge on any atom is -0.462 e. The van der Waals surface area contributed by atoms with E-state index < -0.39 is 17.1 Å². The van der Waals surface area contributed by atoms with Crippen LogP contribution in [0.4, 0.5) is 4.39 Å². The maximum atomic E-state index is 14.0. The second kappa shape index (κ2) is 8.79. The third-order valence-corrected chi connectivity index (χ3v) is 7.18. The number of nitrogens with two attached hydrogens (primary N) is 1. The zero-order valence-electron chi connectivity index (χ0n) is 18.9. The molecule has 1 aliphatic rings. The van der Waals surface area contributed by atoms with Gasteiger partial charge in [-0.25, -0.2) is 9.38 Å². The maximum absolute atomic E-state index is 14.0. The molecule has 0 spiro atoms. The molecule has 0 saturated heterocycles. The molecule has 3 unspecified atom stereocenters. The summed E-state index contributed by atoms with van der Waals surface area (Å²) in [5.41, 5.74) is 8.35. The molecule has 1 heterocycles. The van der Waals surface area contributed by atoms with E-state index in [1.807, 2.05) is 32.0 Å². The molecule has 2 aromatic rings. The Balaban J connectivity index is 2.24. The zero-order valence-corrected chi connectivity index (χ0v) is 19.6. The van der Waals surface area contributed by atoms with Crippen molar-refractivity contribution in [2.24, 2.45) is 22.1 Å². The van der Waals surface area contributed by atoms with Crippen molar-refractivity contribution in [2.75, 3.05) is 6.61 Å². The van der Waals surface area contributed by atoms with E-state index in [9.17, 15) is 9.50 Å². The summed E-state index contributed by atoms with van der Waals surface area (Å²) in [7, 11) is 0. The second-order valence-electron chi connectivity index (χ2n) is 9.13. The molecule has 0 bridgehead atoms. The molecule has 2 aromatic carbocycles. The summed E-state index contributed by atoms with van der Waals surface area (Å²) in [4.78, 5) is 4.86. The van der Waals surface area contributed by atoms with Crippen LogP contribution in [0, 0.1) is 24.1 Å². The number of hydrogen-bond donors (Lipinski definition) is 2. The lowest BCUT2D eigenvalue weighted by atomic mass is 9.58. The molecular formula is C25H32ClFN2O2. The fourth-order valence-electron chi connectivity index (χ4n) is 4.65. The highest BCUT2D eigenvalue weighted by atomic mass is 35.5. The van der Waals surface area contributed by atoms with Crippen LogP contribution in [0.5, 0.6) is 0 Å². The minimum atomic E-state index is -0.779. The highest BCUT2D eigenvalue weighted by Crippen LogP contribution is 2.54. The lowest BCUT2D eigenvalue weighted by Crippen LogP contribution is -2.49. The largest absolute Gasteiger partial charge is 0.462 e. The van der Waals surface area contributed by atoms with E-state index >= 15 is 0 Å². The van der Waals surface area contributed by atoms with Crippen molar-refractivity contribution in [1.82, 2.24) is 0 Å². The molecule has 3 rings (SSSR count). The number of nitrogens with zero attached hydrogens (tertiary/aromatic N) is 1. The lowest BCUT2D eigenvalue weighted by Gasteiger charge is -2.48. The van der Waals surface area contributed by atoms with Crippen LogP contribution in [0.3, 0.4) is 0 Å². The maximum Gasteiger partial charge on any atom is 0.283 e. The Kier molecular flexibility index (Phi) is 6.68. The van der Waals surface area contributed by atoms with Crippen LogP contribution >= 0.6 is 11.6 Å². The molecule has 0 aliphatic carbocycles. The van der Waals surface area contributed by atoms with Gasteiger partial charge in [-0.15, -0.1) is 0 Å². The van der Waals surface area contributed by atoms with E-state index in [-0.39, 0.29) is 24.4 Å². The van der Waals surface area contributed by atoms with E-state index in [0.29, 0.717) is 23.4 Å². The van der Waals surface area contributed by atoms with Crippen LogP contribution < -0.4 is 5.73 Å². The Morgan fingerprint density at radius 3 is 2.52 bits per heavy atom. The van der Waals surface area contributed by atoms with Crippen LogP contribution in [-0.4, -0.2) is 23.8 Å². The van der Waals surface area contributed by atoms with Crippen molar-refractivity contribution < 1.29 is 14.2 Å². The molecule has 1 aliphatic heterocycles. The summed E-state index contributed by atoms with van der Waals surface area (Å²) >= 11 is 6.11. The van der Waals surface area contributed by atoms with Crippen molar-refractivity contribution in [2.45, 2.75) is 59.1 Å². The predicted octanol–water partition coefficient (Wildman–Crippen LogP) is 5.82. The fraction of sp³-hybridized carbons (Fsp3) is 0.480. The van der Waals surface area contributed by atoms with Crippen molar-refractivity contribution in [3.63, 3.8) is 0 Å². The highest BCUT2D eigenvalue weighted by molar-refractivity contribution is 6.30. The van der Waals surface area contributed by atoms with E-state index in [4.69, 9.17) is 27.1 Å². The van der Waals surface area contributed by atoms with Crippen molar-refractivity contribution >= 4 is 17.6 Å². The molecule has 31 heavy (non-hydrogen) atoms. The molecule has 0 saturated carbocycles. The quantitative estimate of drug-likeness (QED) is 0.563. The number of hydrogen-bond acceptors (Lipinski definition) is 4. The number of aryl methyl sites for hydroxylation is 1. The Bertz CT molecular complexity index is 973. The Hall–Kier alpha value is -2.11. The van der Waals surface area contributed by atoms with Gasteiger partial charge in [-0.1, -0.05) is 51.4 Å². The first-order valence-corrected chi connectivity index (χ1v) is 11.1. The van der Waals surface area contributed by atoms with Gasteiger partial charge in [-0.05, 0) is 72.2 Å². The number of amidine groups is 1. The standard InChI is InChI=1S/C25H32ClFN2O2/c1-6-21(30)13-24(5,15(2)3)25(14-31-23(28)29-25)22-11-17(8-7-16(22)4)18-9-19(26)12-20(27)10-18/h7-12,15,21,30H,6,13-14H2,1-5H3,(H2,28,29). The summed E-state index contributed by atoms with van der Waals surface area (Å²) in [6.45, 7) is 10.7. The number of aliphatic hydroxyl groups is 1. The van der Waals surface area contributed by atoms with Crippen LogP contribution in [0.1, 0.15) is 51.7 Å². The summed E-state index contributed by atoms with van der Waals surface area (Å²) in [6.07, 6.45) is 0.738. The highest BCUT2D eigenvalue weighted by Gasteiger charge is 2.55. The summed E-state index contributed by atoms with van der Waals surface area (Å²) in [6, 6.07) is 10.6. The first-order chi connectivity index (χ1) is 14.5. The Labute approximate surface area is 189 Å². The topological polar surface area (TPSA) is 67.8 Å². The molecule has 0 radical (unpaired) electrons. The van der Waals surface area contributed by atoms with E-state index in [1.165, 1.54) is 12.1 Å². The van der Waals surface area contributed by atoms with Gasteiger partial charge in [-0.3, -0.25) is 0 Å². The van der Waals surface area contributed by atoms with Gasteiger partial charge in [0, 0.05) is 10.4 Å². The average molecular weight is 447 g/mol. The average Bonchev–Trinajstić information content (AvgIpc) is 3.10. The fourth-order valence-corrected chi connectivity index (χ4v) is 4.87. The van der Waals surface area contributed by atoms with Gasteiger partial charge in [0.1, 0.15) is 18.0 Å². The van der Waals surface area contributed by atoms with E-state index in [2.05, 4.69) is 20.8 Å². The summed E-state index contributed by atoms with van der Waals surface area (Å²) in [5, 5.41) is 11.0. The van der Waals surface area contributed by atoms with Gasteiger partial charge in [0.25, 0.3) is 6.02 Å². The SMILES string of the molecule is CCC(O)CC(C)(C(C)C)C1(c2cc(-c3cc(F)cc(Cl)c3)ccc2C)COC(N)=N1. The van der Waals surface area contributed by atoms with E-state index in [0.717, 1.165) is 16.7 Å². The van der Waals surface area contributed by atoms with Crippen molar-refractivity contribution in [3.05, 3.63) is 58.4 Å². The van der Waals surface area contributed by atoms with Crippen molar-refractivity contribution in [1.29, 1.82) is 0 Å². The van der Waals surface area contributed by atoms with Crippen LogP contribution in [0.2, 0.25) is 5.02 Å². The van der Waals surface area contributed by atoms with Gasteiger partial charge in [0.15, 0.2) is 0 Å². The third kappa shape index (κ3) is 4.31. The van der Waals surface area contributed by atoms with Crippen molar-refractivity contribution in [3.8, 4) is 11.1 Å². The Morgan fingerprint density at radius 2 is 1.97 bits per heavy atom. The van der Waals surface area contributed by atoms with Crippen LogP contribution in [0.25, 0.3) is 11.1 Å². The molecule has 0 fully saturated rings. The lowest BCUT2D eigenvalue weighted by molar-refractivity contribution is -0.000889. The molecule has 0 aromatic heterocycles. The van der Waals surface area contributed by atoms with Gasteiger partial charge in [0.2, 0.25) is 0 Å². The van der Waals surface area contributed by atoms with Gasteiger partial charge in [-0.2, -0.15) is 0 Å². The summed E-state index contributed by atoms with van der Waals surface area (Å²) < 4.78 is 19.8. The number of halogens is 2. The number of benzene rings is 2. The normalized spacial score (nSPS) is 21.5. The third-order valence-electron chi connectivity index (χ3n) is 6.96. The molecule has 4 nitrogen and oxygen atoms in total. The van der Waals surface area contributed by atoms with Crippen LogP contribution in [-0.2, 0) is 10.3 Å². The van der Waals surface area contributed by atoms with Gasteiger partial charge >= 0.3 is 0 Å². The first-order valence-electron chi connectivity index (χ1n) is 10.8. The predicted molar refractivity (Wildman–Crippen MR) is 125 cm³/mol. The van der Waals surface area contributed by atoms with Gasteiger partial charge < -0.3 is 15.6 Å². The smallest absolute Gasteiger partial charge is 0.283 e. The summed E-state index contributed by atoms with van der Waals surface area (Å²) in [5.74, 6) is -0.206. The van der Waals surface area contributed by atoms with Crippen LogP contribution in [0.15, 0.2) is 41.4 Å². The minimum absolute atomic E-state index is 0.150. The van der Waals surface area contributed by atoms with Gasteiger partial charge in [0.05, 0.1) is 6.10 Å².